The van der Waals surface area contributed by atoms with Crippen LogP contribution in [0.4, 0.5) is 0 Å². The summed E-state index contributed by atoms with van der Waals surface area (Å²) in [6.45, 7) is 2.02. The molecule has 6 nitrogen and oxygen atoms in total. The molecule has 1 N–H and O–H groups in total. The van der Waals surface area contributed by atoms with Crippen molar-refractivity contribution in [1.82, 2.24) is 5.32 Å². The topological polar surface area (TPSA) is 84.8 Å². The first kappa shape index (κ1) is 17.3. The quantitative estimate of drug-likeness (QED) is 0.795. The van der Waals surface area contributed by atoms with E-state index in [1.54, 1.807) is 13.0 Å². The number of rotatable bonds is 4. The summed E-state index contributed by atoms with van der Waals surface area (Å²) in [4.78, 5) is 39.5. The molecule has 0 spiro atoms. The zero-order chi connectivity index (χ0) is 17.8. The Balaban J connectivity index is 1.70. The fourth-order valence-electron chi connectivity index (χ4n) is 3.46. The van der Waals surface area contributed by atoms with Crippen LogP contribution in [-0.4, -0.2) is 30.1 Å². The van der Waals surface area contributed by atoms with Crippen molar-refractivity contribution in [3.8, 4) is 0 Å². The van der Waals surface area contributed by atoms with Crippen molar-refractivity contribution in [2.24, 2.45) is 10.9 Å². The molecule has 0 aromatic rings. The van der Waals surface area contributed by atoms with Crippen LogP contribution in [0.2, 0.25) is 0 Å². The predicted octanol–water partition coefficient (Wildman–Crippen LogP) is 2.37. The summed E-state index contributed by atoms with van der Waals surface area (Å²) in [5, 5.41) is 2.93. The van der Waals surface area contributed by atoms with E-state index < -0.39 is 5.97 Å². The first-order chi connectivity index (χ1) is 12.1. The molecule has 1 atom stereocenters. The molecule has 3 aliphatic rings. The largest absolute Gasteiger partial charge is 0.466 e. The van der Waals surface area contributed by atoms with Gasteiger partial charge in [-0.1, -0.05) is 6.08 Å². The van der Waals surface area contributed by atoms with Crippen LogP contribution >= 0.6 is 0 Å². The maximum atomic E-state index is 12.3. The number of carbonyl (C=O) groups is 3. The van der Waals surface area contributed by atoms with Gasteiger partial charge in [0.25, 0.3) is 5.91 Å². The predicted molar refractivity (Wildman–Crippen MR) is 92.7 cm³/mol. The van der Waals surface area contributed by atoms with Crippen LogP contribution in [0.15, 0.2) is 40.1 Å². The van der Waals surface area contributed by atoms with Crippen molar-refractivity contribution in [3.63, 3.8) is 0 Å². The molecule has 132 valence electrons. The van der Waals surface area contributed by atoms with Crippen molar-refractivity contribution in [1.29, 1.82) is 0 Å². The average Bonchev–Trinajstić information content (AvgIpc) is 2.60. The summed E-state index contributed by atoms with van der Waals surface area (Å²) >= 11 is 0. The van der Waals surface area contributed by atoms with E-state index in [1.165, 1.54) is 5.57 Å². The highest BCUT2D eigenvalue weighted by molar-refractivity contribution is 6.11. The van der Waals surface area contributed by atoms with E-state index >= 15 is 0 Å². The zero-order valence-corrected chi connectivity index (χ0v) is 14.3. The van der Waals surface area contributed by atoms with Crippen molar-refractivity contribution in [3.05, 3.63) is 35.1 Å². The highest BCUT2D eigenvalue weighted by atomic mass is 16.5. The van der Waals surface area contributed by atoms with Crippen LogP contribution in [0.25, 0.3) is 0 Å². The fraction of sp³-hybridized carbons (Fsp3) is 0.474. The molecule has 1 heterocycles. The molecular weight excluding hydrogens is 320 g/mol. The average molecular weight is 342 g/mol. The highest BCUT2D eigenvalue weighted by Crippen LogP contribution is 2.38. The molecule has 0 aromatic heterocycles. The Morgan fingerprint density at radius 1 is 1.28 bits per heavy atom. The molecule has 0 radical (unpaired) electrons. The van der Waals surface area contributed by atoms with Gasteiger partial charge in [-0.25, -0.2) is 4.99 Å². The lowest BCUT2D eigenvalue weighted by Crippen LogP contribution is -2.37. The molecule has 2 amide bonds. The van der Waals surface area contributed by atoms with Crippen LogP contribution in [-0.2, 0) is 19.1 Å². The van der Waals surface area contributed by atoms with E-state index in [1.807, 2.05) is 12.2 Å². The second-order valence-electron chi connectivity index (χ2n) is 6.34. The van der Waals surface area contributed by atoms with Crippen LogP contribution < -0.4 is 5.32 Å². The number of nitrogens with one attached hydrogen (secondary N) is 1. The third kappa shape index (κ3) is 3.95. The van der Waals surface area contributed by atoms with Gasteiger partial charge < -0.3 is 10.1 Å². The highest BCUT2D eigenvalue weighted by Gasteiger charge is 2.33. The molecule has 0 aromatic carbocycles. The molecule has 25 heavy (non-hydrogen) atoms. The normalized spacial score (nSPS) is 23.6. The first-order valence-electron chi connectivity index (χ1n) is 8.78. The van der Waals surface area contributed by atoms with Crippen LogP contribution in [0, 0.1) is 5.92 Å². The van der Waals surface area contributed by atoms with Crippen LogP contribution in [0.3, 0.4) is 0 Å². The van der Waals surface area contributed by atoms with Crippen LogP contribution in [0.5, 0.6) is 0 Å². The molecule has 0 saturated heterocycles. The number of aliphatic imine (C=N–C) groups is 1. The standard InChI is InChI=1S/C19H22N2O4/c1-2-25-18(23)10-9-17(22)20-12-7-8-14-13-5-3-4-6-15(13)19(24)21-16(14)11-12/h7-8,11,14H,2-6,9-10H2,1H3,(H,21,24). The second kappa shape index (κ2) is 7.59. The summed E-state index contributed by atoms with van der Waals surface area (Å²) in [6.07, 6.45) is 9.56. The molecule has 0 bridgehead atoms. The molecule has 0 fully saturated rings. The van der Waals surface area contributed by atoms with Gasteiger partial charge in [0.05, 0.1) is 18.7 Å². The van der Waals surface area contributed by atoms with Crippen molar-refractivity contribution >= 4 is 23.5 Å². The first-order valence-corrected chi connectivity index (χ1v) is 8.78. The number of carbonyl (C=O) groups excluding carboxylic acids is 3. The minimum atomic E-state index is -0.398. The number of amides is 2. The van der Waals surface area contributed by atoms with Gasteiger partial charge >= 0.3 is 5.97 Å². The maximum Gasteiger partial charge on any atom is 0.306 e. The summed E-state index contributed by atoms with van der Waals surface area (Å²) in [6, 6.07) is 0. The molecule has 6 heteroatoms. The number of hydrogen-bond acceptors (Lipinski definition) is 4. The third-order valence-corrected chi connectivity index (χ3v) is 4.62. The van der Waals surface area contributed by atoms with Crippen molar-refractivity contribution < 1.29 is 19.1 Å². The van der Waals surface area contributed by atoms with Gasteiger partial charge in [0.15, 0.2) is 0 Å². The van der Waals surface area contributed by atoms with E-state index in [0.717, 1.165) is 37.0 Å². The summed E-state index contributed by atoms with van der Waals surface area (Å²) in [5.74, 6) is -0.713. The van der Waals surface area contributed by atoms with Gasteiger partial charge in [0.1, 0.15) is 0 Å². The number of nitrogens with zero attached hydrogens (tertiary/aromatic N) is 1. The Bertz CT molecular complexity index is 728. The Kier molecular flexibility index (Phi) is 5.26. The number of ether oxygens (including phenoxy) is 1. The Hall–Kier alpha value is -2.50. The Labute approximate surface area is 146 Å². The van der Waals surface area contributed by atoms with Gasteiger partial charge in [-0.3, -0.25) is 14.4 Å². The van der Waals surface area contributed by atoms with Gasteiger partial charge in [0, 0.05) is 23.6 Å². The molecule has 2 aliphatic carbocycles. The summed E-state index contributed by atoms with van der Waals surface area (Å²) in [7, 11) is 0. The van der Waals surface area contributed by atoms with Gasteiger partial charge in [-0.05, 0) is 50.3 Å². The smallest absolute Gasteiger partial charge is 0.306 e. The summed E-state index contributed by atoms with van der Waals surface area (Å²) in [5.41, 5.74) is 3.40. The molecule has 3 rings (SSSR count). The van der Waals surface area contributed by atoms with Gasteiger partial charge in [-0.2, -0.15) is 0 Å². The summed E-state index contributed by atoms with van der Waals surface area (Å²) < 4.78 is 4.80. The lowest BCUT2D eigenvalue weighted by Gasteiger charge is -2.33. The lowest BCUT2D eigenvalue weighted by atomic mass is 9.77. The number of esters is 1. The van der Waals surface area contributed by atoms with E-state index in [0.29, 0.717) is 12.3 Å². The fourth-order valence-corrected chi connectivity index (χ4v) is 3.46. The minimum absolute atomic E-state index is 0.0183. The van der Waals surface area contributed by atoms with Gasteiger partial charge in [-0.15, -0.1) is 0 Å². The Morgan fingerprint density at radius 2 is 2.08 bits per heavy atom. The third-order valence-electron chi connectivity index (χ3n) is 4.62. The van der Waals surface area contributed by atoms with Gasteiger partial charge in [0.2, 0.25) is 5.91 Å². The van der Waals surface area contributed by atoms with E-state index in [-0.39, 0.29) is 30.6 Å². The van der Waals surface area contributed by atoms with E-state index in [2.05, 4.69) is 10.3 Å². The zero-order valence-electron chi connectivity index (χ0n) is 14.3. The number of fused-ring (bicyclic) bond motifs is 2. The lowest BCUT2D eigenvalue weighted by molar-refractivity contribution is -0.144. The SMILES string of the molecule is CCOC(=O)CCC(=O)N=C1C=CC2C(=C1)NC(=O)C1=C2CCCC1. The molecule has 0 saturated carbocycles. The monoisotopic (exact) mass is 342 g/mol. The maximum absolute atomic E-state index is 12.3. The van der Waals surface area contributed by atoms with E-state index in [4.69, 9.17) is 4.74 Å². The second-order valence-corrected chi connectivity index (χ2v) is 6.34. The van der Waals surface area contributed by atoms with E-state index in [9.17, 15) is 14.4 Å². The molecule has 1 aliphatic heterocycles. The number of allylic oxidation sites excluding steroid dienone is 3. The van der Waals surface area contributed by atoms with Crippen LogP contribution in [0.1, 0.15) is 45.4 Å². The van der Waals surface area contributed by atoms with Crippen molar-refractivity contribution in [2.75, 3.05) is 6.61 Å². The number of hydrogen-bond donors (Lipinski definition) is 1. The molecular formula is C19H22N2O4. The molecule has 1 unspecified atom stereocenters. The minimum Gasteiger partial charge on any atom is -0.466 e. The van der Waals surface area contributed by atoms with Crippen molar-refractivity contribution in [2.45, 2.75) is 45.4 Å². The Morgan fingerprint density at radius 3 is 2.88 bits per heavy atom.